The van der Waals surface area contributed by atoms with Crippen molar-refractivity contribution < 1.29 is 43.5 Å². The number of aliphatic hydroxyl groups excluding tert-OH is 2. The van der Waals surface area contributed by atoms with E-state index in [0.29, 0.717) is 6.42 Å². The van der Waals surface area contributed by atoms with Crippen molar-refractivity contribution in [2.45, 2.75) is 115 Å². The Morgan fingerprint density at radius 2 is 1.83 bits per heavy atom. The highest BCUT2D eigenvalue weighted by molar-refractivity contribution is 5.98. The minimum absolute atomic E-state index is 0.00449. The molecule has 0 aromatic heterocycles. The Labute approximate surface area is 279 Å². The molecular weight excluding hydrogens is 602 g/mol. The third-order valence-electron chi connectivity index (χ3n) is 11.4. The van der Waals surface area contributed by atoms with Gasteiger partial charge in [-0.3, -0.25) is 14.4 Å². The van der Waals surface area contributed by atoms with E-state index in [-0.39, 0.29) is 78.0 Å². The van der Waals surface area contributed by atoms with Crippen molar-refractivity contribution in [3.05, 3.63) is 36.0 Å². The second-order valence-electron chi connectivity index (χ2n) is 14.7. The number of methoxy groups -OCH3 is 1. The summed E-state index contributed by atoms with van der Waals surface area (Å²) in [4.78, 5) is 41.9. The van der Waals surface area contributed by atoms with Gasteiger partial charge in [0.25, 0.3) is 0 Å². The van der Waals surface area contributed by atoms with Crippen molar-refractivity contribution >= 4 is 17.7 Å². The number of Topliss-reactive ketones (excluding diaryl/α,β-unsaturated/α-hetero) is 1. The van der Waals surface area contributed by atoms with E-state index in [1.165, 1.54) is 7.11 Å². The minimum atomic E-state index is -1.12. The molecule has 1 amide bonds. The van der Waals surface area contributed by atoms with Gasteiger partial charge in [-0.05, 0) is 75.2 Å². The van der Waals surface area contributed by atoms with Gasteiger partial charge in [0.05, 0.1) is 18.6 Å². The lowest BCUT2D eigenvalue weighted by molar-refractivity contribution is -0.308. The van der Waals surface area contributed by atoms with Gasteiger partial charge in [0.2, 0.25) is 5.91 Å². The summed E-state index contributed by atoms with van der Waals surface area (Å²) in [5, 5.41) is 20.9. The molecule has 0 spiro atoms. The van der Waals surface area contributed by atoms with Crippen LogP contribution in [0.4, 0.5) is 0 Å². The molecule has 2 aliphatic heterocycles. The van der Waals surface area contributed by atoms with Crippen molar-refractivity contribution in [2.24, 2.45) is 41.4 Å². The molecule has 47 heavy (non-hydrogen) atoms. The normalized spacial score (nSPS) is 41.6. The first-order valence-electron chi connectivity index (χ1n) is 17.6. The molecule has 0 radical (unpaired) electrons. The lowest BCUT2D eigenvalue weighted by Crippen LogP contribution is -2.58. The summed E-state index contributed by atoms with van der Waals surface area (Å²) in [7, 11) is 4.95. The molecule has 7 unspecified atom stereocenters. The van der Waals surface area contributed by atoms with E-state index in [2.05, 4.69) is 18.2 Å². The molecule has 0 aromatic carbocycles. The topological polar surface area (TPSA) is 132 Å². The highest BCUT2D eigenvalue weighted by Gasteiger charge is 2.51. The number of hydrogen-bond acceptors (Lipinski definition) is 9. The number of rotatable bonds is 7. The SMILES string of the molecule is C/C=C/C(CC(=O)N(C)C)[C@H]1CCCC[C@@H](C)C(=O)C2=CC3C(C=CC4CC(O[C@@H]5O[C@@H](C)[C@H](O)[C@@H](O)[C@H]5OC)CC43)C2CC(=O)O1. The van der Waals surface area contributed by atoms with Crippen LogP contribution in [0.15, 0.2) is 36.0 Å². The zero-order valence-corrected chi connectivity index (χ0v) is 28.8. The standard InChI is InChI=1S/C37H55NO9/c1-7-10-23(16-31(39)38(4)5)30-12-9-8-11-20(2)33(41)29-18-27-25(28(29)19-32(40)47-30)14-13-22-15-24(17-26(22)27)46-37-36(44-6)35(43)34(42)21(3)45-37/h7,10,13-14,18,20-28,30,34-37,42-43H,8-9,11-12,15-17,19H2,1-6H3/b10-7+/t20-,21+,22?,23?,24?,25?,26?,27?,28?,30-,34+,35-,36-,37+/m1/s1. The van der Waals surface area contributed by atoms with Gasteiger partial charge in [0.1, 0.15) is 24.4 Å². The molecule has 262 valence electrons. The fourth-order valence-corrected chi connectivity index (χ4v) is 8.67. The molecule has 3 aliphatic carbocycles. The van der Waals surface area contributed by atoms with Gasteiger partial charge in [0.15, 0.2) is 12.1 Å². The number of ketones is 1. The molecule has 10 nitrogen and oxygen atoms in total. The van der Waals surface area contributed by atoms with E-state index in [1.807, 2.05) is 26.0 Å². The number of ether oxygens (including phenoxy) is 4. The smallest absolute Gasteiger partial charge is 0.306 e. The quantitative estimate of drug-likeness (QED) is 0.308. The Bertz CT molecular complexity index is 1230. The summed E-state index contributed by atoms with van der Waals surface area (Å²) in [5.74, 6) is -0.238. The van der Waals surface area contributed by atoms with E-state index in [1.54, 1.807) is 25.9 Å². The van der Waals surface area contributed by atoms with Gasteiger partial charge in [-0.15, -0.1) is 0 Å². The lowest BCUT2D eigenvalue weighted by atomic mass is 9.70. The van der Waals surface area contributed by atoms with Gasteiger partial charge in [-0.2, -0.15) is 0 Å². The number of nitrogens with zero attached hydrogens (tertiary/aromatic N) is 1. The number of esters is 1. The zero-order chi connectivity index (χ0) is 34.0. The Morgan fingerprint density at radius 1 is 1.09 bits per heavy atom. The average Bonchev–Trinajstić information content (AvgIpc) is 3.61. The van der Waals surface area contributed by atoms with Crippen LogP contribution in [0.2, 0.25) is 0 Å². The zero-order valence-electron chi connectivity index (χ0n) is 28.8. The summed E-state index contributed by atoms with van der Waals surface area (Å²) in [6.07, 6.45) is 10.5. The van der Waals surface area contributed by atoms with Crippen molar-refractivity contribution in [3.8, 4) is 0 Å². The van der Waals surface area contributed by atoms with E-state index in [4.69, 9.17) is 18.9 Å². The van der Waals surface area contributed by atoms with Crippen LogP contribution in [-0.2, 0) is 33.3 Å². The van der Waals surface area contributed by atoms with Gasteiger partial charge >= 0.3 is 5.97 Å². The first-order chi connectivity index (χ1) is 22.4. The Morgan fingerprint density at radius 3 is 2.53 bits per heavy atom. The fourth-order valence-electron chi connectivity index (χ4n) is 8.67. The van der Waals surface area contributed by atoms with Gasteiger partial charge in [-0.1, -0.05) is 43.7 Å². The van der Waals surface area contributed by atoms with Crippen LogP contribution in [0.25, 0.3) is 0 Å². The molecule has 2 heterocycles. The van der Waals surface area contributed by atoms with Crippen LogP contribution in [-0.4, -0.2) is 96.9 Å². The number of carbonyl (C=O) groups excluding carboxylic acids is 3. The summed E-state index contributed by atoms with van der Waals surface area (Å²) in [5.41, 5.74) is 0.755. The van der Waals surface area contributed by atoms with Gasteiger partial charge in [-0.25, -0.2) is 0 Å². The van der Waals surface area contributed by atoms with Crippen LogP contribution in [0.1, 0.15) is 72.1 Å². The molecule has 2 N–H and O–H groups in total. The van der Waals surface area contributed by atoms with Gasteiger partial charge < -0.3 is 34.1 Å². The van der Waals surface area contributed by atoms with E-state index in [9.17, 15) is 24.6 Å². The molecule has 5 aliphatic rings. The number of carbonyl (C=O) groups is 3. The molecule has 2 saturated heterocycles. The van der Waals surface area contributed by atoms with Crippen LogP contribution in [0, 0.1) is 41.4 Å². The number of allylic oxidation sites excluding steroid dienone is 5. The number of fused-ring (bicyclic) bond motifs is 5. The Kier molecular flexibility index (Phi) is 11.8. The van der Waals surface area contributed by atoms with E-state index >= 15 is 0 Å². The minimum Gasteiger partial charge on any atom is -0.462 e. The molecular formula is C37H55NO9. The molecule has 0 bridgehead atoms. The van der Waals surface area contributed by atoms with Crippen molar-refractivity contribution in [1.29, 1.82) is 0 Å². The Hall–Kier alpha value is -2.37. The Balaban J connectivity index is 1.33. The first-order valence-corrected chi connectivity index (χ1v) is 17.6. The average molecular weight is 658 g/mol. The predicted octanol–water partition coefficient (Wildman–Crippen LogP) is 3.99. The van der Waals surface area contributed by atoms with E-state index < -0.39 is 36.8 Å². The molecule has 10 heteroatoms. The maximum atomic E-state index is 13.9. The van der Waals surface area contributed by atoms with Crippen LogP contribution in [0.3, 0.4) is 0 Å². The number of cyclic esters (lactones) is 1. The summed E-state index contributed by atoms with van der Waals surface area (Å²) >= 11 is 0. The maximum Gasteiger partial charge on any atom is 0.306 e. The fraction of sp³-hybridized carbons (Fsp3) is 0.757. The first kappa shape index (κ1) is 35.9. The third kappa shape index (κ3) is 7.77. The second kappa shape index (κ2) is 15.5. The molecule has 0 aromatic rings. The second-order valence-corrected chi connectivity index (χ2v) is 14.7. The molecule has 3 fully saturated rings. The monoisotopic (exact) mass is 657 g/mol. The largest absolute Gasteiger partial charge is 0.462 e. The third-order valence-corrected chi connectivity index (χ3v) is 11.4. The molecule has 1 saturated carbocycles. The number of aliphatic hydroxyl groups is 2. The summed E-state index contributed by atoms with van der Waals surface area (Å²) in [6, 6.07) is 0. The summed E-state index contributed by atoms with van der Waals surface area (Å²) in [6.45, 7) is 5.63. The highest BCUT2D eigenvalue weighted by Crippen LogP contribution is 2.54. The van der Waals surface area contributed by atoms with Crippen LogP contribution in [0.5, 0.6) is 0 Å². The molecule has 14 atom stereocenters. The maximum absolute atomic E-state index is 13.9. The number of hydrogen-bond donors (Lipinski definition) is 2. The highest BCUT2D eigenvalue weighted by atomic mass is 16.7. The van der Waals surface area contributed by atoms with Crippen molar-refractivity contribution in [1.82, 2.24) is 4.90 Å². The summed E-state index contributed by atoms with van der Waals surface area (Å²) < 4.78 is 24.0. The van der Waals surface area contributed by atoms with Crippen LogP contribution >= 0.6 is 0 Å². The van der Waals surface area contributed by atoms with Crippen molar-refractivity contribution in [3.63, 3.8) is 0 Å². The van der Waals surface area contributed by atoms with Crippen LogP contribution < -0.4 is 0 Å². The lowest BCUT2D eigenvalue weighted by Gasteiger charge is -2.41. The van der Waals surface area contributed by atoms with E-state index in [0.717, 1.165) is 37.7 Å². The molecule has 5 rings (SSSR count). The number of amides is 1. The predicted molar refractivity (Wildman–Crippen MR) is 175 cm³/mol. The van der Waals surface area contributed by atoms with Crippen molar-refractivity contribution in [2.75, 3.05) is 21.2 Å². The van der Waals surface area contributed by atoms with Gasteiger partial charge in [0, 0.05) is 45.4 Å².